The van der Waals surface area contributed by atoms with E-state index < -0.39 is 0 Å². The molecule has 1 aromatic heterocycles. The van der Waals surface area contributed by atoms with Crippen LogP contribution in [0.25, 0.3) is 11.5 Å². The molecule has 2 aromatic rings. The molecule has 2 heterocycles. The Hall–Kier alpha value is -1.72. The third-order valence-corrected chi connectivity index (χ3v) is 4.30. The molecule has 5 heteroatoms. The summed E-state index contributed by atoms with van der Waals surface area (Å²) in [6.07, 6.45) is 2.56. The Labute approximate surface area is 131 Å². The molecule has 118 valence electrons. The largest absolute Gasteiger partial charge is 0.419 e. The molecule has 1 aliphatic rings. The molecule has 5 nitrogen and oxygen atoms in total. The molecular weight excluding hydrogens is 276 g/mol. The first-order valence-corrected chi connectivity index (χ1v) is 7.95. The zero-order chi connectivity index (χ0) is 15.4. The fraction of sp³-hybridized carbons (Fsp3) is 0.529. The first-order chi connectivity index (χ1) is 10.7. The summed E-state index contributed by atoms with van der Waals surface area (Å²) in [6, 6.07) is 9.91. The van der Waals surface area contributed by atoms with Crippen LogP contribution in [0.2, 0.25) is 0 Å². The van der Waals surface area contributed by atoms with Crippen molar-refractivity contribution in [2.75, 3.05) is 33.7 Å². The molecule has 3 rings (SSSR count). The fourth-order valence-electron chi connectivity index (χ4n) is 3.00. The van der Waals surface area contributed by atoms with Crippen LogP contribution in [0, 0.1) is 5.92 Å². The molecule has 22 heavy (non-hydrogen) atoms. The Morgan fingerprint density at radius 2 is 1.91 bits per heavy atom. The van der Waals surface area contributed by atoms with Crippen LogP contribution in [0.4, 0.5) is 0 Å². The molecule has 0 aliphatic carbocycles. The molecule has 0 saturated carbocycles. The summed E-state index contributed by atoms with van der Waals surface area (Å²) in [5.41, 5.74) is 0.972. The summed E-state index contributed by atoms with van der Waals surface area (Å²) < 4.78 is 5.77. The van der Waals surface area contributed by atoms with E-state index >= 15 is 0 Å². The van der Waals surface area contributed by atoms with Gasteiger partial charge < -0.3 is 9.32 Å². The lowest BCUT2D eigenvalue weighted by Gasteiger charge is -2.31. The molecular formula is C17H24N4O. The van der Waals surface area contributed by atoms with Crippen LogP contribution in [-0.2, 0) is 6.54 Å². The van der Waals surface area contributed by atoms with Crippen LogP contribution in [0.15, 0.2) is 34.7 Å². The maximum Gasteiger partial charge on any atom is 0.247 e. The quantitative estimate of drug-likeness (QED) is 0.849. The molecule has 0 spiro atoms. The lowest BCUT2D eigenvalue weighted by Crippen LogP contribution is -2.35. The predicted molar refractivity (Wildman–Crippen MR) is 86.3 cm³/mol. The molecule has 1 saturated heterocycles. The van der Waals surface area contributed by atoms with E-state index in [1.54, 1.807) is 0 Å². The average molecular weight is 300 g/mol. The van der Waals surface area contributed by atoms with Gasteiger partial charge in [-0.05, 0) is 58.1 Å². The van der Waals surface area contributed by atoms with Gasteiger partial charge in [0.05, 0.1) is 6.54 Å². The maximum absolute atomic E-state index is 5.77. The highest BCUT2D eigenvalue weighted by molar-refractivity contribution is 5.51. The van der Waals surface area contributed by atoms with Crippen LogP contribution >= 0.6 is 0 Å². The highest BCUT2D eigenvalue weighted by Crippen LogP contribution is 2.19. The Morgan fingerprint density at radius 1 is 1.18 bits per heavy atom. The monoisotopic (exact) mass is 300 g/mol. The van der Waals surface area contributed by atoms with Crippen molar-refractivity contribution < 1.29 is 4.42 Å². The molecule has 0 N–H and O–H groups in total. The van der Waals surface area contributed by atoms with Crippen LogP contribution in [0.5, 0.6) is 0 Å². The van der Waals surface area contributed by atoms with Gasteiger partial charge in [-0.25, -0.2) is 0 Å². The molecule has 0 amide bonds. The normalized spacial score (nSPS) is 17.2. The second kappa shape index (κ2) is 7.03. The van der Waals surface area contributed by atoms with Crippen molar-refractivity contribution in [3.05, 3.63) is 36.2 Å². The van der Waals surface area contributed by atoms with Crippen molar-refractivity contribution in [2.24, 2.45) is 5.92 Å². The van der Waals surface area contributed by atoms with Crippen molar-refractivity contribution in [2.45, 2.75) is 19.4 Å². The average Bonchev–Trinajstić information content (AvgIpc) is 2.99. The molecule has 1 fully saturated rings. The topological polar surface area (TPSA) is 45.4 Å². The molecule has 1 aliphatic heterocycles. The van der Waals surface area contributed by atoms with Gasteiger partial charge in [0, 0.05) is 12.1 Å². The van der Waals surface area contributed by atoms with E-state index in [9.17, 15) is 0 Å². The first kappa shape index (κ1) is 15.2. The van der Waals surface area contributed by atoms with Crippen LogP contribution in [0.1, 0.15) is 18.7 Å². The van der Waals surface area contributed by atoms with Crippen molar-refractivity contribution in [3.8, 4) is 11.5 Å². The Morgan fingerprint density at radius 3 is 2.64 bits per heavy atom. The van der Waals surface area contributed by atoms with Gasteiger partial charge in [-0.1, -0.05) is 18.2 Å². The fourth-order valence-corrected chi connectivity index (χ4v) is 3.00. The summed E-state index contributed by atoms with van der Waals surface area (Å²) in [5, 5.41) is 8.32. The van der Waals surface area contributed by atoms with Crippen molar-refractivity contribution >= 4 is 0 Å². The summed E-state index contributed by atoms with van der Waals surface area (Å²) in [4.78, 5) is 4.69. The van der Waals surface area contributed by atoms with Gasteiger partial charge in [0.1, 0.15) is 0 Å². The van der Waals surface area contributed by atoms with E-state index in [-0.39, 0.29) is 0 Å². The summed E-state index contributed by atoms with van der Waals surface area (Å²) >= 11 is 0. The Balaban J connectivity index is 1.54. The number of hydrogen-bond acceptors (Lipinski definition) is 5. The van der Waals surface area contributed by atoms with Crippen LogP contribution in [-0.4, -0.2) is 53.7 Å². The molecule has 1 aromatic carbocycles. The molecule has 0 bridgehead atoms. The third kappa shape index (κ3) is 3.93. The zero-order valence-corrected chi connectivity index (χ0v) is 13.4. The van der Waals surface area contributed by atoms with Gasteiger partial charge in [0.2, 0.25) is 11.8 Å². The van der Waals surface area contributed by atoms with Crippen molar-refractivity contribution in [3.63, 3.8) is 0 Å². The Kier molecular flexibility index (Phi) is 4.85. The van der Waals surface area contributed by atoms with Gasteiger partial charge in [-0.15, -0.1) is 10.2 Å². The second-order valence-corrected chi connectivity index (χ2v) is 6.31. The van der Waals surface area contributed by atoms with Gasteiger partial charge in [-0.2, -0.15) is 0 Å². The minimum Gasteiger partial charge on any atom is -0.419 e. The van der Waals surface area contributed by atoms with E-state index in [0.717, 1.165) is 18.0 Å². The maximum atomic E-state index is 5.77. The highest BCUT2D eigenvalue weighted by Gasteiger charge is 2.19. The number of nitrogens with zero attached hydrogens (tertiary/aromatic N) is 4. The standard InChI is InChI=1S/C17H24N4O/c1-20-10-8-14(9-11-20)12-21(2)13-16-18-19-17(22-16)15-6-4-3-5-7-15/h3-7,14H,8-13H2,1-2H3. The highest BCUT2D eigenvalue weighted by atomic mass is 16.4. The molecule has 0 radical (unpaired) electrons. The zero-order valence-electron chi connectivity index (χ0n) is 13.4. The van der Waals surface area contributed by atoms with E-state index in [0.29, 0.717) is 18.3 Å². The third-order valence-electron chi connectivity index (χ3n) is 4.30. The van der Waals surface area contributed by atoms with Crippen LogP contribution in [0.3, 0.4) is 0 Å². The molecule has 0 unspecified atom stereocenters. The number of benzene rings is 1. The molecule has 0 atom stereocenters. The number of piperidine rings is 1. The van der Waals surface area contributed by atoms with Gasteiger partial charge >= 0.3 is 0 Å². The minimum absolute atomic E-state index is 0.600. The summed E-state index contributed by atoms with van der Waals surface area (Å²) in [7, 11) is 4.33. The Bertz CT molecular complexity index is 575. The van der Waals surface area contributed by atoms with Crippen molar-refractivity contribution in [1.29, 1.82) is 0 Å². The number of likely N-dealkylation sites (tertiary alicyclic amines) is 1. The number of rotatable bonds is 5. The van der Waals surface area contributed by atoms with Crippen LogP contribution < -0.4 is 0 Å². The lowest BCUT2D eigenvalue weighted by atomic mass is 9.97. The lowest BCUT2D eigenvalue weighted by molar-refractivity contribution is 0.167. The summed E-state index contributed by atoms with van der Waals surface area (Å²) in [6.45, 7) is 4.22. The smallest absolute Gasteiger partial charge is 0.247 e. The van der Waals surface area contributed by atoms with E-state index in [4.69, 9.17) is 4.42 Å². The van der Waals surface area contributed by atoms with E-state index in [1.807, 2.05) is 30.3 Å². The first-order valence-electron chi connectivity index (χ1n) is 7.95. The second-order valence-electron chi connectivity index (χ2n) is 6.31. The number of hydrogen-bond donors (Lipinski definition) is 0. The number of aromatic nitrogens is 2. The summed E-state index contributed by atoms with van der Waals surface area (Å²) in [5.74, 6) is 2.07. The minimum atomic E-state index is 0.600. The van der Waals surface area contributed by atoms with Gasteiger partial charge in [0.25, 0.3) is 0 Å². The van der Waals surface area contributed by atoms with Gasteiger partial charge in [-0.3, -0.25) is 4.90 Å². The van der Waals surface area contributed by atoms with Gasteiger partial charge in [0.15, 0.2) is 0 Å². The van der Waals surface area contributed by atoms with E-state index in [2.05, 4.69) is 34.1 Å². The SMILES string of the molecule is CN1CCC(CN(C)Cc2nnc(-c3ccccc3)o2)CC1. The predicted octanol–water partition coefficient (Wildman–Crippen LogP) is 2.51. The van der Waals surface area contributed by atoms with Crippen molar-refractivity contribution in [1.82, 2.24) is 20.0 Å². The van der Waals surface area contributed by atoms with E-state index in [1.165, 1.54) is 25.9 Å².